The van der Waals surface area contributed by atoms with Crippen LogP contribution in [0, 0.1) is 0 Å². The molecule has 0 unspecified atom stereocenters. The number of aliphatic hydroxyl groups excluding tert-OH is 1. The van der Waals surface area contributed by atoms with E-state index in [4.69, 9.17) is 9.84 Å². The molecule has 1 rings (SSSR count). The highest BCUT2D eigenvalue weighted by atomic mass is 16.5. The van der Waals surface area contributed by atoms with Crippen LogP contribution < -0.4 is 4.74 Å². The average Bonchev–Trinajstić information content (AvgIpc) is 2.39. The van der Waals surface area contributed by atoms with Gasteiger partial charge in [-0.25, -0.2) is 0 Å². The Morgan fingerprint density at radius 2 is 1.95 bits per heavy atom. The second kappa shape index (κ2) is 7.54. The van der Waals surface area contributed by atoms with Gasteiger partial charge >= 0.3 is 0 Å². The Morgan fingerprint density at radius 1 is 1.21 bits per heavy atom. The fraction of sp³-hybridized carbons (Fsp3) is 0.647. The van der Waals surface area contributed by atoms with E-state index < -0.39 is 0 Å². The summed E-state index contributed by atoms with van der Waals surface area (Å²) < 4.78 is 5.51. The monoisotopic (exact) mass is 264 g/mol. The summed E-state index contributed by atoms with van der Waals surface area (Å²) >= 11 is 0. The third-order valence-corrected chi connectivity index (χ3v) is 3.80. The van der Waals surface area contributed by atoms with Gasteiger partial charge in [0.25, 0.3) is 0 Å². The standard InChI is InChI=1S/C17H28O2/c1-5-6-7-11-17(2,3)15-13-14(10-12-18)8-9-16(15)19-4/h8-9,13,18H,5-7,10-12H2,1-4H3. The molecule has 0 amide bonds. The highest BCUT2D eigenvalue weighted by molar-refractivity contribution is 5.42. The van der Waals surface area contributed by atoms with Gasteiger partial charge in [0.15, 0.2) is 0 Å². The van der Waals surface area contributed by atoms with Gasteiger partial charge < -0.3 is 9.84 Å². The summed E-state index contributed by atoms with van der Waals surface area (Å²) in [6.45, 7) is 6.99. The molecule has 1 aromatic carbocycles. The van der Waals surface area contributed by atoms with E-state index in [1.54, 1.807) is 7.11 Å². The Balaban J connectivity index is 2.96. The molecule has 1 aromatic rings. The molecule has 1 N–H and O–H groups in total. The second-order valence-electron chi connectivity index (χ2n) is 5.85. The van der Waals surface area contributed by atoms with Gasteiger partial charge in [0.1, 0.15) is 5.75 Å². The minimum Gasteiger partial charge on any atom is -0.496 e. The Labute approximate surface area is 117 Å². The summed E-state index contributed by atoms with van der Waals surface area (Å²) in [5, 5.41) is 9.08. The van der Waals surface area contributed by atoms with Crippen LogP contribution in [0.4, 0.5) is 0 Å². The zero-order valence-corrected chi connectivity index (χ0v) is 12.8. The highest BCUT2D eigenvalue weighted by Crippen LogP contribution is 2.36. The van der Waals surface area contributed by atoms with Crippen LogP contribution in [-0.4, -0.2) is 18.8 Å². The third-order valence-electron chi connectivity index (χ3n) is 3.80. The predicted molar refractivity (Wildman–Crippen MR) is 81.0 cm³/mol. The molecule has 0 bridgehead atoms. The first kappa shape index (κ1) is 16.0. The number of hydrogen-bond acceptors (Lipinski definition) is 2. The largest absolute Gasteiger partial charge is 0.496 e. The molecule has 0 spiro atoms. The van der Waals surface area contributed by atoms with Gasteiger partial charge in [-0.1, -0.05) is 52.2 Å². The SMILES string of the molecule is CCCCCC(C)(C)c1cc(CCO)ccc1OC. The quantitative estimate of drug-likeness (QED) is 0.717. The molecule has 2 nitrogen and oxygen atoms in total. The Bertz CT molecular complexity index is 383. The van der Waals surface area contributed by atoms with Crippen LogP contribution in [0.5, 0.6) is 5.75 Å². The molecule has 0 aromatic heterocycles. The van der Waals surface area contributed by atoms with Crippen molar-refractivity contribution in [3.63, 3.8) is 0 Å². The summed E-state index contributed by atoms with van der Waals surface area (Å²) in [4.78, 5) is 0. The Hall–Kier alpha value is -1.02. The molecule has 0 aliphatic rings. The van der Waals surface area contributed by atoms with Gasteiger partial charge in [0.2, 0.25) is 0 Å². The number of methoxy groups -OCH3 is 1. The summed E-state index contributed by atoms with van der Waals surface area (Å²) in [5.74, 6) is 0.961. The molecule has 0 aliphatic heterocycles. The van der Waals surface area contributed by atoms with Crippen LogP contribution in [-0.2, 0) is 11.8 Å². The molecule has 108 valence electrons. The lowest BCUT2D eigenvalue weighted by Gasteiger charge is -2.28. The van der Waals surface area contributed by atoms with E-state index in [1.165, 1.54) is 36.8 Å². The minimum absolute atomic E-state index is 0.117. The first-order chi connectivity index (χ1) is 9.05. The van der Waals surface area contributed by atoms with Crippen LogP contribution in [0.1, 0.15) is 57.6 Å². The van der Waals surface area contributed by atoms with E-state index in [1.807, 2.05) is 12.1 Å². The van der Waals surface area contributed by atoms with Crippen LogP contribution in [0.25, 0.3) is 0 Å². The molecule has 2 heteroatoms. The zero-order valence-electron chi connectivity index (χ0n) is 12.8. The van der Waals surface area contributed by atoms with Crippen LogP contribution >= 0.6 is 0 Å². The Kier molecular flexibility index (Phi) is 6.36. The number of benzene rings is 1. The topological polar surface area (TPSA) is 29.5 Å². The van der Waals surface area contributed by atoms with E-state index in [-0.39, 0.29) is 12.0 Å². The molecular weight excluding hydrogens is 236 g/mol. The predicted octanol–water partition coefficient (Wildman–Crippen LogP) is 4.09. The lowest BCUT2D eigenvalue weighted by atomic mass is 9.78. The van der Waals surface area contributed by atoms with E-state index >= 15 is 0 Å². The second-order valence-corrected chi connectivity index (χ2v) is 5.85. The lowest BCUT2D eigenvalue weighted by molar-refractivity contribution is 0.299. The molecule has 0 heterocycles. The van der Waals surface area contributed by atoms with E-state index in [9.17, 15) is 0 Å². The number of rotatable bonds is 8. The van der Waals surface area contributed by atoms with Gasteiger partial charge in [0, 0.05) is 12.2 Å². The van der Waals surface area contributed by atoms with Gasteiger partial charge in [-0.2, -0.15) is 0 Å². The smallest absolute Gasteiger partial charge is 0.122 e. The molecule has 19 heavy (non-hydrogen) atoms. The summed E-state index contributed by atoms with van der Waals surface area (Å²) in [6.07, 6.45) is 5.65. The summed E-state index contributed by atoms with van der Waals surface area (Å²) in [6, 6.07) is 6.27. The molecule has 0 radical (unpaired) electrons. The zero-order chi connectivity index (χ0) is 14.3. The fourth-order valence-electron chi connectivity index (χ4n) is 2.52. The average molecular weight is 264 g/mol. The summed E-state index contributed by atoms with van der Waals surface area (Å²) in [7, 11) is 1.73. The fourth-order valence-corrected chi connectivity index (χ4v) is 2.52. The van der Waals surface area contributed by atoms with Crippen molar-refractivity contribution in [3.8, 4) is 5.75 Å². The van der Waals surface area contributed by atoms with Crippen LogP contribution in [0.3, 0.4) is 0 Å². The normalized spacial score (nSPS) is 11.6. The maximum absolute atomic E-state index is 9.08. The molecule has 0 atom stereocenters. The third kappa shape index (κ3) is 4.54. The van der Waals surface area contributed by atoms with Crippen molar-refractivity contribution in [1.29, 1.82) is 0 Å². The van der Waals surface area contributed by atoms with Crippen LogP contribution in [0.15, 0.2) is 18.2 Å². The van der Waals surface area contributed by atoms with Crippen molar-refractivity contribution in [2.45, 2.75) is 58.3 Å². The van der Waals surface area contributed by atoms with E-state index in [2.05, 4.69) is 26.8 Å². The van der Waals surface area contributed by atoms with Crippen molar-refractivity contribution in [2.24, 2.45) is 0 Å². The van der Waals surface area contributed by atoms with Crippen molar-refractivity contribution in [1.82, 2.24) is 0 Å². The van der Waals surface area contributed by atoms with Gasteiger partial charge in [-0.05, 0) is 29.9 Å². The first-order valence-electron chi connectivity index (χ1n) is 7.33. The van der Waals surface area contributed by atoms with Crippen molar-refractivity contribution in [2.75, 3.05) is 13.7 Å². The number of aliphatic hydroxyl groups is 1. The van der Waals surface area contributed by atoms with Gasteiger partial charge in [0.05, 0.1) is 7.11 Å². The number of hydrogen-bond donors (Lipinski definition) is 1. The van der Waals surface area contributed by atoms with Crippen molar-refractivity contribution in [3.05, 3.63) is 29.3 Å². The van der Waals surface area contributed by atoms with Crippen molar-refractivity contribution >= 4 is 0 Å². The maximum Gasteiger partial charge on any atom is 0.122 e. The summed E-state index contributed by atoms with van der Waals surface area (Å²) in [5.41, 5.74) is 2.56. The van der Waals surface area contributed by atoms with E-state index in [0.29, 0.717) is 6.42 Å². The molecule has 0 fully saturated rings. The number of ether oxygens (including phenoxy) is 1. The maximum atomic E-state index is 9.08. The van der Waals surface area contributed by atoms with Crippen molar-refractivity contribution < 1.29 is 9.84 Å². The molecule has 0 aliphatic carbocycles. The molecule has 0 saturated heterocycles. The molecular formula is C17H28O2. The van der Waals surface area contributed by atoms with Gasteiger partial charge in [-0.15, -0.1) is 0 Å². The van der Waals surface area contributed by atoms with E-state index in [0.717, 1.165) is 5.75 Å². The highest BCUT2D eigenvalue weighted by Gasteiger charge is 2.24. The minimum atomic E-state index is 0.117. The Morgan fingerprint density at radius 3 is 2.53 bits per heavy atom. The number of unbranched alkanes of at least 4 members (excludes halogenated alkanes) is 2. The first-order valence-corrected chi connectivity index (χ1v) is 7.33. The van der Waals surface area contributed by atoms with Crippen LogP contribution in [0.2, 0.25) is 0 Å². The molecule has 0 saturated carbocycles. The van der Waals surface area contributed by atoms with Gasteiger partial charge in [-0.3, -0.25) is 0 Å². The lowest BCUT2D eigenvalue weighted by Crippen LogP contribution is -2.18.